The molecular weight excluding hydrogens is 238 g/mol. The summed E-state index contributed by atoms with van der Waals surface area (Å²) < 4.78 is 5.87. The third kappa shape index (κ3) is 3.95. The molecule has 4 atom stereocenters. The van der Waals surface area contributed by atoms with Gasteiger partial charge < -0.3 is 15.6 Å². The fourth-order valence-electron chi connectivity index (χ4n) is 2.74. The Morgan fingerprint density at radius 3 is 2.79 bits per heavy atom. The summed E-state index contributed by atoms with van der Waals surface area (Å²) in [5.41, 5.74) is 7.23. The quantitative estimate of drug-likeness (QED) is 0.820. The average molecular weight is 263 g/mol. The first-order chi connectivity index (χ1) is 9.06. The fourth-order valence-corrected chi connectivity index (χ4v) is 2.74. The topological polar surface area (TPSA) is 55.5 Å². The van der Waals surface area contributed by atoms with Gasteiger partial charge in [0.25, 0.3) is 0 Å². The molecule has 1 aromatic carbocycles. The lowest BCUT2D eigenvalue weighted by molar-refractivity contribution is -0.0397. The first-order valence-electron chi connectivity index (χ1n) is 7.21. The van der Waals surface area contributed by atoms with Crippen LogP contribution >= 0.6 is 0 Å². The van der Waals surface area contributed by atoms with Crippen molar-refractivity contribution in [1.29, 1.82) is 0 Å². The third-order valence-corrected chi connectivity index (χ3v) is 4.34. The molecule has 0 heterocycles. The molecule has 3 N–H and O–H groups in total. The predicted octanol–water partition coefficient (Wildman–Crippen LogP) is 3.14. The van der Waals surface area contributed by atoms with Gasteiger partial charge in [-0.25, -0.2) is 0 Å². The first kappa shape index (κ1) is 14.4. The van der Waals surface area contributed by atoms with E-state index in [0.29, 0.717) is 24.3 Å². The number of rotatable bonds is 4. The summed E-state index contributed by atoms with van der Waals surface area (Å²) in [5.74, 6) is 1.50. The zero-order chi connectivity index (χ0) is 13.8. The van der Waals surface area contributed by atoms with Gasteiger partial charge >= 0.3 is 0 Å². The number of nitrogens with two attached hydrogens (primary N) is 1. The highest BCUT2D eigenvalue weighted by Crippen LogP contribution is 2.31. The Bertz CT molecular complexity index is 407. The van der Waals surface area contributed by atoms with Crippen LogP contribution in [0.1, 0.15) is 44.8 Å². The number of ether oxygens (including phenoxy) is 1. The van der Waals surface area contributed by atoms with Gasteiger partial charge in [0.05, 0.1) is 12.7 Å². The van der Waals surface area contributed by atoms with E-state index in [-0.39, 0.29) is 0 Å². The predicted molar refractivity (Wildman–Crippen MR) is 77.7 cm³/mol. The van der Waals surface area contributed by atoms with Gasteiger partial charge in [0.2, 0.25) is 0 Å². The molecule has 0 amide bonds. The minimum Gasteiger partial charge on any atom is -0.399 e. The van der Waals surface area contributed by atoms with Gasteiger partial charge in [-0.15, -0.1) is 0 Å². The largest absolute Gasteiger partial charge is 0.399 e. The molecule has 3 heteroatoms. The van der Waals surface area contributed by atoms with Crippen LogP contribution < -0.4 is 5.73 Å². The highest BCUT2D eigenvalue weighted by Gasteiger charge is 2.25. The summed E-state index contributed by atoms with van der Waals surface area (Å²) in [6.07, 6.45) is 3.14. The van der Waals surface area contributed by atoms with Gasteiger partial charge in [-0.2, -0.15) is 0 Å². The molecule has 3 nitrogen and oxygen atoms in total. The molecule has 106 valence electrons. The van der Waals surface area contributed by atoms with Crippen molar-refractivity contribution in [2.45, 2.75) is 45.3 Å². The molecule has 1 saturated carbocycles. The second kappa shape index (κ2) is 6.40. The van der Waals surface area contributed by atoms with Crippen molar-refractivity contribution in [2.24, 2.45) is 11.8 Å². The highest BCUT2D eigenvalue weighted by atomic mass is 16.5. The molecule has 0 saturated heterocycles. The van der Waals surface area contributed by atoms with Crippen molar-refractivity contribution < 1.29 is 9.84 Å². The summed E-state index contributed by atoms with van der Waals surface area (Å²) in [5, 5.41) is 10.1. The fraction of sp³-hybridized carbons (Fsp3) is 0.625. The summed E-state index contributed by atoms with van der Waals surface area (Å²) >= 11 is 0. The summed E-state index contributed by atoms with van der Waals surface area (Å²) in [7, 11) is 0. The first-order valence-corrected chi connectivity index (χ1v) is 7.21. The van der Waals surface area contributed by atoms with Crippen molar-refractivity contribution in [2.75, 3.05) is 12.3 Å². The van der Waals surface area contributed by atoms with E-state index >= 15 is 0 Å². The van der Waals surface area contributed by atoms with E-state index < -0.39 is 6.10 Å². The van der Waals surface area contributed by atoms with Crippen molar-refractivity contribution in [3.63, 3.8) is 0 Å². The van der Waals surface area contributed by atoms with E-state index in [2.05, 4.69) is 13.8 Å². The van der Waals surface area contributed by atoms with Crippen molar-refractivity contribution in [3.05, 3.63) is 29.8 Å². The Labute approximate surface area is 115 Å². The maximum absolute atomic E-state index is 10.1. The van der Waals surface area contributed by atoms with Gasteiger partial charge in [-0.1, -0.05) is 26.0 Å². The standard InChI is InChI=1S/C16H25NO2/c1-11-6-7-15(8-12(11)2)19-10-16(18)13-4-3-5-14(17)9-13/h3-5,9,11-12,15-16,18H,6-8,10,17H2,1-2H3. The molecule has 1 aliphatic rings. The van der Waals surface area contributed by atoms with E-state index in [1.54, 1.807) is 6.07 Å². The molecule has 0 radical (unpaired) electrons. The smallest absolute Gasteiger partial charge is 0.102 e. The molecule has 4 unspecified atom stereocenters. The Balaban J connectivity index is 1.82. The van der Waals surface area contributed by atoms with Crippen LogP contribution in [-0.4, -0.2) is 17.8 Å². The van der Waals surface area contributed by atoms with Crippen LogP contribution in [0.15, 0.2) is 24.3 Å². The molecule has 1 aliphatic carbocycles. The van der Waals surface area contributed by atoms with Crippen LogP contribution in [0.5, 0.6) is 0 Å². The normalized spacial score (nSPS) is 29.1. The lowest BCUT2D eigenvalue weighted by atomic mass is 9.80. The Hall–Kier alpha value is -1.06. The number of aliphatic hydroxyl groups is 1. The van der Waals surface area contributed by atoms with Crippen LogP contribution in [0, 0.1) is 11.8 Å². The van der Waals surface area contributed by atoms with E-state index in [4.69, 9.17) is 10.5 Å². The third-order valence-electron chi connectivity index (χ3n) is 4.34. The van der Waals surface area contributed by atoms with Crippen LogP contribution in [0.3, 0.4) is 0 Å². The van der Waals surface area contributed by atoms with Gasteiger partial charge in [0.1, 0.15) is 6.10 Å². The number of hydrogen-bond acceptors (Lipinski definition) is 3. The number of anilines is 1. The van der Waals surface area contributed by atoms with Crippen molar-refractivity contribution in [3.8, 4) is 0 Å². The van der Waals surface area contributed by atoms with E-state index in [0.717, 1.165) is 24.3 Å². The monoisotopic (exact) mass is 263 g/mol. The van der Waals surface area contributed by atoms with Crippen LogP contribution in [0.2, 0.25) is 0 Å². The highest BCUT2D eigenvalue weighted by molar-refractivity contribution is 5.41. The average Bonchev–Trinajstić information content (AvgIpc) is 2.40. The number of hydrogen-bond donors (Lipinski definition) is 2. The van der Waals surface area contributed by atoms with E-state index in [9.17, 15) is 5.11 Å². The van der Waals surface area contributed by atoms with Gasteiger partial charge in [-0.3, -0.25) is 0 Å². The lowest BCUT2D eigenvalue weighted by Crippen LogP contribution is -2.28. The van der Waals surface area contributed by atoms with Gasteiger partial charge in [0, 0.05) is 5.69 Å². The number of nitrogen functional groups attached to an aromatic ring is 1. The number of aliphatic hydroxyl groups excluding tert-OH is 1. The molecule has 19 heavy (non-hydrogen) atoms. The van der Waals surface area contributed by atoms with Gasteiger partial charge in [-0.05, 0) is 48.8 Å². The van der Waals surface area contributed by atoms with Crippen LogP contribution in [-0.2, 0) is 4.74 Å². The molecule has 0 spiro atoms. The number of benzene rings is 1. The van der Waals surface area contributed by atoms with E-state index in [1.807, 2.05) is 18.2 Å². The maximum atomic E-state index is 10.1. The minimum atomic E-state index is -0.585. The minimum absolute atomic E-state index is 0.293. The Kier molecular flexibility index (Phi) is 4.83. The maximum Gasteiger partial charge on any atom is 0.102 e. The Morgan fingerprint density at radius 2 is 2.11 bits per heavy atom. The van der Waals surface area contributed by atoms with Crippen LogP contribution in [0.4, 0.5) is 5.69 Å². The summed E-state index contributed by atoms with van der Waals surface area (Å²) in [6, 6.07) is 7.37. The molecule has 2 rings (SSSR count). The second-order valence-electron chi connectivity index (χ2n) is 5.91. The zero-order valence-corrected chi connectivity index (χ0v) is 11.9. The van der Waals surface area contributed by atoms with E-state index in [1.165, 1.54) is 6.42 Å². The SMILES string of the molecule is CC1CCC(OCC(O)c2cccc(N)c2)CC1C. The molecule has 1 fully saturated rings. The molecular formula is C16H25NO2. The lowest BCUT2D eigenvalue weighted by Gasteiger charge is -2.32. The second-order valence-corrected chi connectivity index (χ2v) is 5.91. The van der Waals surface area contributed by atoms with Crippen molar-refractivity contribution >= 4 is 5.69 Å². The van der Waals surface area contributed by atoms with Crippen LogP contribution in [0.25, 0.3) is 0 Å². The zero-order valence-electron chi connectivity index (χ0n) is 11.9. The molecule has 0 bridgehead atoms. The molecule has 1 aromatic rings. The molecule has 0 aromatic heterocycles. The van der Waals surface area contributed by atoms with Gasteiger partial charge in [0.15, 0.2) is 0 Å². The summed E-state index contributed by atoms with van der Waals surface area (Å²) in [4.78, 5) is 0. The Morgan fingerprint density at radius 1 is 1.32 bits per heavy atom. The molecule has 0 aliphatic heterocycles. The summed E-state index contributed by atoms with van der Waals surface area (Å²) in [6.45, 7) is 4.95. The van der Waals surface area contributed by atoms with Crippen molar-refractivity contribution in [1.82, 2.24) is 0 Å².